The molecule has 4 saturated heterocycles. The van der Waals surface area contributed by atoms with Crippen molar-refractivity contribution < 1.29 is 38.2 Å². The fourth-order valence-corrected chi connectivity index (χ4v) is 7.01. The molecule has 2 aromatic rings. The van der Waals surface area contributed by atoms with E-state index in [1.165, 1.54) is 16.8 Å². The summed E-state index contributed by atoms with van der Waals surface area (Å²) in [6.45, 7) is 2.13. The molecule has 4 amide bonds. The van der Waals surface area contributed by atoms with E-state index in [-0.39, 0.29) is 62.0 Å². The van der Waals surface area contributed by atoms with Crippen LogP contribution in [0, 0.1) is 0 Å². The number of piperidine rings is 1. The van der Waals surface area contributed by atoms with Crippen LogP contribution in [0.2, 0.25) is 0 Å². The first-order valence-electron chi connectivity index (χ1n) is 15.8. The van der Waals surface area contributed by atoms with Gasteiger partial charge in [0.1, 0.15) is 36.1 Å². The Kier molecular flexibility index (Phi) is 9.52. The van der Waals surface area contributed by atoms with E-state index in [0.29, 0.717) is 29.8 Å². The van der Waals surface area contributed by atoms with Crippen molar-refractivity contribution in [2.24, 2.45) is 0 Å². The number of likely N-dealkylation sites (tertiary alicyclic amines) is 1. The molecular weight excluding hydrogens is 614 g/mol. The van der Waals surface area contributed by atoms with Crippen LogP contribution in [0.3, 0.4) is 0 Å². The second kappa shape index (κ2) is 13.7. The number of carbonyl (C=O) groups excluding carboxylic acids is 5. The predicted octanol–water partition coefficient (Wildman–Crippen LogP) is 2.11. The molecule has 1 aromatic heterocycles. The second-order valence-electron chi connectivity index (χ2n) is 12.3. The van der Waals surface area contributed by atoms with Crippen LogP contribution in [0.1, 0.15) is 58.3 Å². The molecule has 5 aliphatic rings. The van der Waals surface area contributed by atoms with Gasteiger partial charge >= 0.3 is 5.97 Å². The van der Waals surface area contributed by atoms with Crippen LogP contribution in [0.4, 0.5) is 0 Å². The minimum atomic E-state index is -0.873. The Hall–Kier alpha value is -4.07. The lowest BCUT2D eigenvalue weighted by molar-refractivity contribution is -0.181. The number of benzene rings is 1. The number of amides is 4. The van der Waals surface area contributed by atoms with Crippen LogP contribution in [-0.2, 0) is 28.7 Å². The number of hydrogen-bond acceptors (Lipinski definition) is 10. The number of pyridine rings is 1. The summed E-state index contributed by atoms with van der Waals surface area (Å²) in [5.41, 5.74) is 0. The highest BCUT2D eigenvalue weighted by atomic mass is 32.2. The fourth-order valence-electron chi connectivity index (χ4n) is 6.18. The van der Waals surface area contributed by atoms with Crippen LogP contribution < -0.4 is 19.5 Å². The number of fused-ring (bicyclic) bond motifs is 4. The SMILES string of the molecule is COc1ccc2c(OC3CC(C(=O)NC(C)C(=O)NSC4CC4)N(C(=O)CCCC(=O)N4CC5CCC4C(=O)O5)C3)nccc2c1. The predicted molar refractivity (Wildman–Crippen MR) is 168 cm³/mol. The van der Waals surface area contributed by atoms with Crippen molar-refractivity contribution in [3.8, 4) is 11.6 Å². The summed E-state index contributed by atoms with van der Waals surface area (Å²) in [6, 6.07) is 5.16. The molecule has 0 radical (unpaired) electrons. The molecule has 1 aliphatic carbocycles. The Labute approximate surface area is 271 Å². The summed E-state index contributed by atoms with van der Waals surface area (Å²) in [6.07, 6.45) is 4.90. The van der Waals surface area contributed by atoms with Crippen molar-refractivity contribution in [1.82, 2.24) is 24.8 Å². The Morgan fingerprint density at radius 1 is 1.07 bits per heavy atom. The van der Waals surface area contributed by atoms with Gasteiger partial charge in [-0.25, -0.2) is 9.78 Å². The van der Waals surface area contributed by atoms with Crippen molar-refractivity contribution in [2.45, 2.75) is 93.9 Å². The van der Waals surface area contributed by atoms with E-state index in [1.807, 2.05) is 24.3 Å². The lowest BCUT2D eigenvalue weighted by Gasteiger charge is -2.43. The van der Waals surface area contributed by atoms with E-state index in [0.717, 1.165) is 30.0 Å². The summed E-state index contributed by atoms with van der Waals surface area (Å²) in [4.78, 5) is 72.2. The van der Waals surface area contributed by atoms with Gasteiger partial charge in [0.15, 0.2) is 0 Å². The van der Waals surface area contributed by atoms with E-state index in [1.54, 1.807) is 25.1 Å². The number of carbonyl (C=O) groups is 5. The molecule has 7 rings (SSSR count). The standard InChI is InChI=1S/C32H39N5O8S/c1-18(29(40)35-46-23-8-9-23)34-30(41)26-15-22(44-31-24-10-6-20(43-2)14-19(24)12-13-33-31)17-37(26)28(39)5-3-4-27(38)36-16-21-7-11-25(36)32(42)45-21/h6,10,12-14,18,21-23,25-26H,3-5,7-9,11,15-17H2,1-2H3,(H,34,41)(H,35,40). The Morgan fingerprint density at radius 3 is 2.57 bits per heavy atom. The van der Waals surface area contributed by atoms with Crippen LogP contribution >= 0.6 is 11.9 Å². The third-order valence-corrected chi connectivity index (χ3v) is 10.0. The number of ether oxygens (including phenoxy) is 3. The zero-order chi connectivity index (χ0) is 32.4. The van der Waals surface area contributed by atoms with Crippen molar-refractivity contribution in [3.05, 3.63) is 30.5 Å². The number of hydrogen-bond donors (Lipinski definition) is 2. The molecule has 4 aliphatic heterocycles. The molecule has 246 valence electrons. The second-order valence-corrected chi connectivity index (χ2v) is 13.4. The normalized spacial score (nSPS) is 24.3. The van der Waals surface area contributed by atoms with E-state index in [9.17, 15) is 24.0 Å². The first-order chi connectivity index (χ1) is 22.2. The van der Waals surface area contributed by atoms with Gasteiger partial charge in [-0.15, -0.1) is 0 Å². The fraction of sp³-hybridized carbons (Fsp3) is 0.562. The third kappa shape index (κ3) is 7.16. The average Bonchev–Trinajstić information content (AvgIpc) is 3.80. The summed E-state index contributed by atoms with van der Waals surface area (Å²) in [5, 5.41) is 4.82. The molecule has 5 unspecified atom stereocenters. The van der Waals surface area contributed by atoms with Gasteiger partial charge in [-0.3, -0.25) is 23.9 Å². The van der Waals surface area contributed by atoms with Gasteiger partial charge in [-0.2, -0.15) is 0 Å². The van der Waals surface area contributed by atoms with Crippen molar-refractivity contribution in [3.63, 3.8) is 0 Å². The number of nitrogens with zero attached hydrogens (tertiary/aromatic N) is 3. The van der Waals surface area contributed by atoms with Crippen LogP contribution in [0.5, 0.6) is 11.6 Å². The van der Waals surface area contributed by atoms with Crippen LogP contribution in [0.25, 0.3) is 10.8 Å². The monoisotopic (exact) mass is 653 g/mol. The van der Waals surface area contributed by atoms with E-state index >= 15 is 0 Å². The average molecular weight is 654 g/mol. The molecular formula is C32H39N5O8S. The van der Waals surface area contributed by atoms with Gasteiger partial charge in [0, 0.05) is 36.1 Å². The zero-order valence-corrected chi connectivity index (χ0v) is 26.8. The first kappa shape index (κ1) is 31.9. The Bertz CT molecular complexity index is 1520. The topological polar surface area (TPSA) is 156 Å². The molecule has 2 bridgehead atoms. The maximum Gasteiger partial charge on any atom is 0.329 e. The van der Waals surface area contributed by atoms with Gasteiger partial charge in [0.25, 0.3) is 5.91 Å². The van der Waals surface area contributed by atoms with Gasteiger partial charge < -0.3 is 29.3 Å². The number of morpholine rings is 1. The minimum absolute atomic E-state index is 0.0367. The highest BCUT2D eigenvalue weighted by molar-refractivity contribution is 7.98. The number of aromatic nitrogens is 1. The minimum Gasteiger partial charge on any atom is -0.497 e. The molecule has 2 N–H and O–H groups in total. The highest BCUT2D eigenvalue weighted by Gasteiger charge is 2.44. The van der Waals surface area contributed by atoms with Gasteiger partial charge in [-0.05, 0) is 80.6 Å². The number of methoxy groups -OCH3 is 1. The number of rotatable bonds is 12. The zero-order valence-electron chi connectivity index (χ0n) is 25.9. The van der Waals surface area contributed by atoms with Gasteiger partial charge in [-0.1, -0.05) is 0 Å². The molecule has 5 heterocycles. The summed E-state index contributed by atoms with van der Waals surface area (Å²) in [7, 11) is 1.59. The quantitative estimate of drug-likeness (QED) is 0.257. The molecule has 0 spiro atoms. The lowest BCUT2D eigenvalue weighted by atomic mass is 9.96. The lowest BCUT2D eigenvalue weighted by Crippen LogP contribution is -2.59. The third-order valence-electron chi connectivity index (χ3n) is 8.90. The van der Waals surface area contributed by atoms with Crippen LogP contribution in [-0.4, -0.2) is 100 Å². The van der Waals surface area contributed by atoms with Gasteiger partial charge in [0.05, 0.1) is 20.2 Å². The highest BCUT2D eigenvalue weighted by Crippen LogP contribution is 2.33. The molecule has 46 heavy (non-hydrogen) atoms. The summed E-state index contributed by atoms with van der Waals surface area (Å²) >= 11 is 1.37. The number of esters is 1. The molecule has 5 atom stereocenters. The first-order valence-corrected chi connectivity index (χ1v) is 16.7. The van der Waals surface area contributed by atoms with Crippen molar-refractivity contribution in [2.75, 3.05) is 20.2 Å². The molecule has 1 saturated carbocycles. The maximum atomic E-state index is 13.6. The smallest absolute Gasteiger partial charge is 0.329 e. The summed E-state index contributed by atoms with van der Waals surface area (Å²) < 4.78 is 19.7. The Morgan fingerprint density at radius 2 is 1.85 bits per heavy atom. The van der Waals surface area contributed by atoms with Crippen LogP contribution in [0.15, 0.2) is 30.5 Å². The molecule has 13 nitrogen and oxygen atoms in total. The largest absolute Gasteiger partial charge is 0.497 e. The van der Waals surface area contributed by atoms with E-state index < -0.39 is 30.1 Å². The molecule has 5 fully saturated rings. The maximum absolute atomic E-state index is 13.6. The number of nitrogens with one attached hydrogen (secondary N) is 2. The molecule has 1 aromatic carbocycles. The summed E-state index contributed by atoms with van der Waals surface area (Å²) in [5.74, 6) is -0.527. The van der Waals surface area contributed by atoms with Gasteiger partial charge in [0.2, 0.25) is 23.6 Å². The Balaban J connectivity index is 1.11. The van der Waals surface area contributed by atoms with E-state index in [4.69, 9.17) is 14.2 Å². The van der Waals surface area contributed by atoms with Crippen molar-refractivity contribution >= 4 is 52.3 Å². The van der Waals surface area contributed by atoms with Crippen molar-refractivity contribution in [1.29, 1.82) is 0 Å². The van der Waals surface area contributed by atoms with E-state index in [2.05, 4.69) is 15.0 Å². The molecule has 14 heteroatoms.